The third-order valence-electron chi connectivity index (χ3n) is 4.22. The highest BCUT2D eigenvalue weighted by Gasteiger charge is 2.30. The molecule has 3 rings (SSSR count). The van der Waals surface area contributed by atoms with Crippen LogP contribution in [0.25, 0.3) is 0 Å². The van der Waals surface area contributed by atoms with Crippen LogP contribution in [0.5, 0.6) is 0 Å². The van der Waals surface area contributed by atoms with E-state index in [1.165, 1.54) is 0 Å². The lowest BCUT2D eigenvalue weighted by molar-refractivity contribution is -0.139. The summed E-state index contributed by atoms with van der Waals surface area (Å²) in [6.45, 7) is 0.630. The van der Waals surface area contributed by atoms with Crippen molar-refractivity contribution in [3.05, 3.63) is 53.3 Å². The van der Waals surface area contributed by atoms with E-state index in [0.717, 1.165) is 6.42 Å². The van der Waals surface area contributed by atoms with E-state index in [9.17, 15) is 19.2 Å². The minimum Gasteiger partial charge on any atom is -0.612 e. The van der Waals surface area contributed by atoms with Crippen molar-refractivity contribution in [2.75, 3.05) is 6.26 Å². The van der Waals surface area contributed by atoms with Crippen molar-refractivity contribution in [2.45, 2.75) is 30.2 Å². The summed E-state index contributed by atoms with van der Waals surface area (Å²) in [7, 11) is 0. The normalized spacial score (nSPS) is 18.3. The Labute approximate surface area is 137 Å². The average molecular weight is 331 g/mol. The highest BCUT2D eigenvalue weighted by molar-refractivity contribution is 7.90. The maximum Gasteiger partial charge on any atom is 0.312 e. The van der Waals surface area contributed by atoms with Gasteiger partial charge in [0, 0.05) is 12.2 Å². The van der Waals surface area contributed by atoms with Crippen LogP contribution in [0.2, 0.25) is 0 Å². The zero-order chi connectivity index (χ0) is 16.6. The van der Waals surface area contributed by atoms with Gasteiger partial charge in [-0.3, -0.25) is 9.59 Å². The number of hydrogen-bond donors (Lipinski definition) is 1. The summed E-state index contributed by atoms with van der Waals surface area (Å²) in [6.07, 6.45) is 2.85. The van der Waals surface area contributed by atoms with Gasteiger partial charge < -0.3 is 14.2 Å². The van der Waals surface area contributed by atoms with E-state index in [1.807, 2.05) is 0 Å². The number of carbonyl (C=O) groups excluding carboxylic acids is 1. The summed E-state index contributed by atoms with van der Waals surface area (Å²) in [5.74, 6) is -1.65. The zero-order valence-electron chi connectivity index (χ0n) is 12.7. The number of hydrogen-bond acceptors (Lipinski definition) is 3. The lowest BCUT2D eigenvalue weighted by Gasteiger charge is -2.23. The fourth-order valence-corrected chi connectivity index (χ4v) is 3.87. The number of benzene rings is 1. The largest absolute Gasteiger partial charge is 0.612 e. The number of carbonyl (C=O) groups is 2. The molecule has 1 aromatic carbocycles. The van der Waals surface area contributed by atoms with Crippen molar-refractivity contribution in [1.29, 1.82) is 0 Å². The van der Waals surface area contributed by atoms with E-state index in [1.54, 1.807) is 47.2 Å². The molecule has 0 saturated carbocycles. The Morgan fingerprint density at radius 1 is 1.26 bits per heavy atom. The molecule has 120 valence electrons. The first-order valence-corrected chi connectivity index (χ1v) is 8.96. The fraction of sp³-hybridized carbons (Fsp3) is 0.294. The van der Waals surface area contributed by atoms with Crippen LogP contribution in [0.1, 0.15) is 40.5 Å². The third-order valence-corrected chi connectivity index (χ3v) is 5.19. The summed E-state index contributed by atoms with van der Waals surface area (Å²) < 4.78 is 13.6. The van der Waals surface area contributed by atoms with Crippen LogP contribution in [0.15, 0.2) is 41.3 Å². The maximum atomic E-state index is 12.9. The zero-order valence-corrected chi connectivity index (χ0v) is 13.5. The van der Waals surface area contributed by atoms with Crippen molar-refractivity contribution >= 4 is 22.9 Å². The summed E-state index contributed by atoms with van der Waals surface area (Å²) in [5.41, 5.74) is 1.54. The van der Waals surface area contributed by atoms with Gasteiger partial charge in [-0.05, 0) is 48.3 Å². The Morgan fingerprint density at radius 3 is 2.70 bits per heavy atom. The molecule has 23 heavy (non-hydrogen) atoms. The van der Waals surface area contributed by atoms with E-state index >= 15 is 0 Å². The summed E-state index contributed by atoms with van der Waals surface area (Å²) in [4.78, 5) is 24.7. The fourth-order valence-electron chi connectivity index (χ4n) is 3.13. The second-order valence-electron chi connectivity index (χ2n) is 5.61. The first-order valence-electron chi connectivity index (χ1n) is 7.40. The van der Waals surface area contributed by atoms with Gasteiger partial charge in [-0.25, -0.2) is 0 Å². The van der Waals surface area contributed by atoms with Crippen molar-refractivity contribution < 1.29 is 19.2 Å². The number of carboxylic acid groups (broad SMARTS) is 1. The van der Waals surface area contributed by atoms with Crippen LogP contribution < -0.4 is 0 Å². The predicted molar refractivity (Wildman–Crippen MR) is 86.2 cm³/mol. The van der Waals surface area contributed by atoms with Gasteiger partial charge in [-0.15, -0.1) is 0 Å². The minimum atomic E-state index is -1.26. The highest BCUT2D eigenvalue weighted by atomic mass is 32.2. The first kappa shape index (κ1) is 15.8. The molecule has 1 N–H and O–H groups in total. The van der Waals surface area contributed by atoms with E-state index in [2.05, 4.69) is 0 Å². The number of carboxylic acids is 1. The number of ketones is 1. The van der Waals surface area contributed by atoms with Crippen LogP contribution in [0, 0.1) is 0 Å². The summed E-state index contributed by atoms with van der Waals surface area (Å²) >= 11 is -1.26. The van der Waals surface area contributed by atoms with Crippen molar-refractivity contribution in [2.24, 2.45) is 0 Å². The lowest BCUT2D eigenvalue weighted by atomic mass is 9.96. The molecule has 0 amide bonds. The van der Waals surface area contributed by atoms with E-state index in [-0.39, 0.29) is 5.78 Å². The summed E-state index contributed by atoms with van der Waals surface area (Å²) in [6, 6.07) is 10.2. The van der Waals surface area contributed by atoms with Gasteiger partial charge in [0.2, 0.25) is 5.78 Å². The molecule has 0 fully saturated rings. The number of aliphatic carboxylic acids is 1. The second-order valence-corrected chi connectivity index (χ2v) is 6.96. The Balaban J connectivity index is 2.04. The van der Waals surface area contributed by atoms with Gasteiger partial charge in [-0.1, -0.05) is 12.1 Å². The molecule has 5 nitrogen and oxygen atoms in total. The Morgan fingerprint density at radius 2 is 2.00 bits per heavy atom. The molecule has 2 atom stereocenters. The number of rotatable bonds is 4. The van der Waals surface area contributed by atoms with Gasteiger partial charge in [0.1, 0.15) is 6.26 Å². The third kappa shape index (κ3) is 2.80. The number of nitrogens with zero attached hydrogens (tertiary/aromatic N) is 1. The molecule has 1 aromatic heterocycles. The van der Waals surface area contributed by atoms with Crippen LogP contribution in [-0.4, -0.2) is 32.2 Å². The predicted octanol–water partition coefficient (Wildman–Crippen LogP) is 2.42. The van der Waals surface area contributed by atoms with Crippen molar-refractivity contribution in [1.82, 2.24) is 4.57 Å². The molecule has 2 heterocycles. The lowest BCUT2D eigenvalue weighted by Crippen LogP contribution is -2.24. The Hall–Kier alpha value is -2.05. The van der Waals surface area contributed by atoms with Crippen molar-refractivity contribution in [3.63, 3.8) is 0 Å². The molecule has 0 bridgehead atoms. The number of fused-ring (bicyclic) bond motifs is 1. The summed E-state index contributed by atoms with van der Waals surface area (Å²) in [5, 5.41) is 9.33. The first-order chi connectivity index (χ1) is 11.0. The highest BCUT2D eigenvalue weighted by Crippen LogP contribution is 2.31. The van der Waals surface area contributed by atoms with Crippen molar-refractivity contribution in [3.8, 4) is 0 Å². The van der Waals surface area contributed by atoms with E-state index in [0.29, 0.717) is 34.8 Å². The molecule has 2 aromatic rings. The van der Waals surface area contributed by atoms with Crippen LogP contribution in [0.3, 0.4) is 0 Å². The second kappa shape index (κ2) is 6.22. The monoisotopic (exact) mass is 331 g/mol. The van der Waals surface area contributed by atoms with Gasteiger partial charge in [0.25, 0.3) is 0 Å². The molecule has 1 aliphatic rings. The van der Waals surface area contributed by atoms with Crippen LogP contribution in [-0.2, 0) is 22.5 Å². The Kier molecular flexibility index (Phi) is 4.28. The van der Waals surface area contributed by atoms with E-state index < -0.39 is 23.1 Å². The Bertz CT molecular complexity index is 766. The molecule has 0 radical (unpaired) electrons. The standard InChI is InChI=1S/C17H17NO4S/c1-23(22)15-7-3-2-5-12(15)16(19)14-9-8-13-11(17(20)21)6-4-10-18(13)14/h2-3,5,7-9,11H,4,6,10H2,1H3,(H,20,21). The average Bonchev–Trinajstić information content (AvgIpc) is 2.97. The van der Waals surface area contributed by atoms with Gasteiger partial charge in [-0.2, -0.15) is 0 Å². The van der Waals surface area contributed by atoms with Gasteiger partial charge >= 0.3 is 5.97 Å². The van der Waals surface area contributed by atoms with Crippen LogP contribution in [0.4, 0.5) is 0 Å². The smallest absolute Gasteiger partial charge is 0.312 e. The van der Waals surface area contributed by atoms with Gasteiger partial charge in [0.05, 0.1) is 17.2 Å². The molecule has 0 saturated heterocycles. The minimum absolute atomic E-state index is 0.215. The topological polar surface area (TPSA) is 82.4 Å². The van der Waals surface area contributed by atoms with Crippen LogP contribution >= 0.6 is 0 Å². The molecule has 2 unspecified atom stereocenters. The van der Waals surface area contributed by atoms with Gasteiger partial charge in [0.15, 0.2) is 4.90 Å². The molecule has 0 spiro atoms. The maximum absolute atomic E-state index is 12.9. The molecular formula is C17H17NO4S. The SMILES string of the molecule is C[S+]([O-])c1ccccc1C(=O)c1ccc2n1CCCC2C(=O)O. The molecule has 1 aliphatic heterocycles. The molecule has 0 aliphatic carbocycles. The quantitative estimate of drug-likeness (QED) is 0.689. The van der Waals surface area contributed by atoms with E-state index in [4.69, 9.17) is 0 Å². The number of aromatic nitrogens is 1. The molecular weight excluding hydrogens is 314 g/mol. The molecule has 6 heteroatoms.